The van der Waals surface area contributed by atoms with Crippen LogP contribution in [0.2, 0.25) is 0 Å². The minimum absolute atomic E-state index is 0.103. The van der Waals surface area contributed by atoms with E-state index in [1.54, 1.807) is 18.2 Å². The summed E-state index contributed by atoms with van der Waals surface area (Å²) in [6, 6.07) is 14.0. The molecule has 0 aliphatic carbocycles. The van der Waals surface area contributed by atoms with E-state index in [0.29, 0.717) is 23.8 Å². The van der Waals surface area contributed by atoms with Crippen LogP contribution in [0.1, 0.15) is 32.6 Å². The van der Waals surface area contributed by atoms with Gasteiger partial charge in [-0.15, -0.1) is 0 Å². The minimum Gasteiger partial charge on any atom is -0.494 e. The quantitative estimate of drug-likeness (QED) is 0.177. The average molecular weight is 645 g/mol. The van der Waals surface area contributed by atoms with Crippen molar-refractivity contribution in [1.82, 2.24) is 5.32 Å². The topological polar surface area (TPSA) is 47.6 Å². The van der Waals surface area contributed by atoms with E-state index in [-0.39, 0.29) is 11.6 Å². The summed E-state index contributed by atoms with van der Waals surface area (Å²) < 4.78 is 147. The van der Waals surface area contributed by atoms with Gasteiger partial charge in [-0.1, -0.05) is 36.4 Å². The fraction of sp³-hybridized carbons (Fsp3) is 0.194. The van der Waals surface area contributed by atoms with Crippen LogP contribution >= 0.6 is 0 Å². The van der Waals surface area contributed by atoms with Gasteiger partial charge in [0.25, 0.3) is 5.91 Å². The molecule has 0 saturated carbocycles. The number of alkyl halides is 7. The van der Waals surface area contributed by atoms with Crippen molar-refractivity contribution in [2.45, 2.75) is 30.7 Å². The van der Waals surface area contributed by atoms with Crippen molar-refractivity contribution in [2.24, 2.45) is 0 Å². The van der Waals surface area contributed by atoms with E-state index in [9.17, 15) is 44.3 Å². The van der Waals surface area contributed by atoms with Crippen molar-refractivity contribution >= 4 is 5.91 Å². The fourth-order valence-electron chi connectivity index (χ4n) is 4.61. The number of hydrogen-bond donors (Lipinski definition) is 1. The van der Waals surface area contributed by atoms with Gasteiger partial charge < -0.3 is 14.8 Å². The van der Waals surface area contributed by atoms with Crippen LogP contribution in [0.5, 0.6) is 11.5 Å². The first-order valence-electron chi connectivity index (χ1n) is 12.8. The van der Waals surface area contributed by atoms with Crippen LogP contribution in [0.15, 0.2) is 84.9 Å². The summed E-state index contributed by atoms with van der Waals surface area (Å²) in [6.07, 6.45) is -15.0. The molecule has 0 radical (unpaired) electrons. The Kier molecular flexibility index (Phi) is 9.35. The Morgan fingerprint density at radius 1 is 0.800 bits per heavy atom. The molecule has 0 bridgehead atoms. The number of benzene rings is 4. The first kappa shape index (κ1) is 33.1. The lowest BCUT2D eigenvalue weighted by atomic mass is 9.77. The Morgan fingerprint density at radius 2 is 1.47 bits per heavy atom. The van der Waals surface area contributed by atoms with Crippen LogP contribution in [0.4, 0.5) is 43.9 Å². The van der Waals surface area contributed by atoms with E-state index in [1.165, 1.54) is 12.1 Å². The summed E-state index contributed by atoms with van der Waals surface area (Å²) >= 11 is 0. The van der Waals surface area contributed by atoms with Gasteiger partial charge in [0, 0.05) is 18.1 Å². The summed E-state index contributed by atoms with van der Waals surface area (Å²) in [7, 11) is 1.09. The molecular weight excluding hydrogens is 624 g/mol. The molecule has 238 valence electrons. The zero-order chi connectivity index (χ0) is 33.2. The highest BCUT2D eigenvalue weighted by Gasteiger charge is 2.45. The molecular formula is C31H21F10NO3. The first-order valence-corrected chi connectivity index (χ1v) is 12.8. The van der Waals surface area contributed by atoms with Crippen molar-refractivity contribution in [1.29, 1.82) is 0 Å². The monoisotopic (exact) mass is 645 g/mol. The highest BCUT2D eigenvalue weighted by atomic mass is 19.4. The molecule has 0 unspecified atom stereocenters. The Balaban J connectivity index is 2.00. The number of methoxy groups -OCH3 is 1. The Labute approximate surface area is 249 Å². The number of ether oxygens (including phenoxy) is 2. The Morgan fingerprint density at radius 3 is 2.09 bits per heavy atom. The molecule has 1 amide bonds. The summed E-state index contributed by atoms with van der Waals surface area (Å²) in [5.41, 5.74) is -4.80. The minimum atomic E-state index is -5.20. The third-order valence-electron chi connectivity index (χ3n) is 6.69. The average Bonchev–Trinajstić information content (AvgIpc) is 2.96. The van der Waals surface area contributed by atoms with Gasteiger partial charge in [0.05, 0.1) is 18.2 Å². The van der Waals surface area contributed by atoms with E-state index >= 15 is 4.39 Å². The van der Waals surface area contributed by atoms with Gasteiger partial charge in [0.2, 0.25) is 0 Å². The molecule has 4 rings (SSSR count). The molecule has 0 heterocycles. The van der Waals surface area contributed by atoms with Gasteiger partial charge in [-0.3, -0.25) is 4.79 Å². The summed E-state index contributed by atoms with van der Waals surface area (Å²) in [6.45, 7) is 0. The van der Waals surface area contributed by atoms with Crippen molar-refractivity contribution in [2.75, 3.05) is 7.11 Å². The molecule has 0 saturated heterocycles. The largest absolute Gasteiger partial charge is 0.494 e. The summed E-state index contributed by atoms with van der Waals surface area (Å²) in [4.78, 5) is 13.6. The molecule has 0 aliphatic heterocycles. The number of amides is 1. The number of carbonyl (C=O) groups excluding carboxylic acids is 1. The van der Waals surface area contributed by atoms with Crippen LogP contribution in [0.3, 0.4) is 0 Å². The van der Waals surface area contributed by atoms with E-state index < -0.39 is 82.2 Å². The van der Waals surface area contributed by atoms with Gasteiger partial charge in [-0.05, 0) is 59.2 Å². The maximum atomic E-state index is 15.0. The second-order valence-electron chi connectivity index (χ2n) is 9.70. The smallest absolute Gasteiger partial charge is 0.461 e. The van der Waals surface area contributed by atoms with Gasteiger partial charge in [-0.25, -0.2) is 13.2 Å². The predicted molar refractivity (Wildman–Crippen MR) is 141 cm³/mol. The zero-order valence-corrected chi connectivity index (χ0v) is 22.9. The molecule has 14 heteroatoms. The number of halogens is 10. The van der Waals surface area contributed by atoms with Crippen molar-refractivity contribution in [3.63, 3.8) is 0 Å². The third kappa shape index (κ3) is 7.32. The van der Waals surface area contributed by atoms with E-state index in [2.05, 4.69) is 10.1 Å². The molecule has 45 heavy (non-hydrogen) atoms. The maximum Gasteiger partial charge on any atom is 0.461 e. The SMILES string of the molecule is COc1cc([C@](Cc2ccccc2)(NC(=O)c2ccc(F)c(C(F)(F)F)c2)c2cc(F)cc(OC(F)(F)C(F)F)c2)ccc1F. The number of carbonyl (C=O) groups is 1. The molecule has 4 aromatic rings. The number of nitrogens with one attached hydrogen (secondary N) is 1. The summed E-state index contributed by atoms with van der Waals surface area (Å²) in [5, 5.41) is 2.47. The van der Waals surface area contributed by atoms with Gasteiger partial charge in [0.1, 0.15) is 17.4 Å². The molecule has 0 fully saturated rings. The van der Waals surface area contributed by atoms with Crippen LogP contribution in [-0.4, -0.2) is 25.6 Å². The van der Waals surface area contributed by atoms with Gasteiger partial charge in [0.15, 0.2) is 11.6 Å². The van der Waals surface area contributed by atoms with Gasteiger partial charge in [-0.2, -0.15) is 30.7 Å². The highest BCUT2D eigenvalue weighted by molar-refractivity contribution is 5.95. The predicted octanol–water partition coefficient (Wildman–Crippen LogP) is 8.28. The lowest BCUT2D eigenvalue weighted by Gasteiger charge is -2.37. The van der Waals surface area contributed by atoms with Crippen molar-refractivity contribution < 1.29 is 58.2 Å². The normalized spacial score (nSPS) is 13.3. The van der Waals surface area contributed by atoms with Crippen LogP contribution in [0, 0.1) is 17.5 Å². The lowest BCUT2D eigenvalue weighted by molar-refractivity contribution is -0.253. The number of hydrogen-bond acceptors (Lipinski definition) is 3. The van der Waals surface area contributed by atoms with Crippen molar-refractivity contribution in [3.8, 4) is 11.5 Å². The van der Waals surface area contributed by atoms with E-state index in [4.69, 9.17) is 4.74 Å². The van der Waals surface area contributed by atoms with Crippen molar-refractivity contribution in [3.05, 3.63) is 130 Å². The highest BCUT2D eigenvalue weighted by Crippen LogP contribution is 2.40. The Hall–Kier alpha value is -4.75. The van der Waals surface area contributed by atoms with Crippen LogP contribution < -0.4 is 14.8 Å². The second-order valence-corrected chi connectivity index (χ2v) is 9.70. The Bertz CT molecular complexity index is 1680. The molecule has 4 aromatic carbocycles. The molecule has 0 aromatic heterocycles. The van der Waals surface area contributed by atoms with Crippen LogP contribution in [0.25, 0.3) is 0 Å². The zero-order valence-electron chi connectivity index (χ0n) is 22.9. The van der Waals surface area contributed by atoms with Crippen LogP contribution in [-0.2, 0) is 18.1 Å². The molecule has 1 N–H and O–H groups in total. The first-order chi connectivity index (χ1) is 21.1. The molecule has 1 atom stereocenters. The molecule has 0 aliphatic rings. The maximum absolute atomic E-state index is 15.0. The third-order valence-corrected chi connectivity index (χ3v) is 6.69. The number of rotatable bonds is 10. The van der Waals surface area contributed by atoms with E-state index in [1.807, 2.05) is 0 Å². The van der Waals surface area contributed by atoms with Gasteiger partial charge >= 0.3 is 18.7 Å². The van der Waals surface area contributed by atoms with E-state index in [0.717, 1.165) is 37.4 Å². The fourth-order valence-corrected chi connectivity index (χ4v) is 4.61. The standard InChI is InChI=1S/C31H21F10NO3/c1-44-26-14-19(8-10-25(26)34)29(16-17-5-3-2-4-6-17,20-12-21(32)15-22(13-20)45-31(40,41)28(35)36)42-27(43)18-7-9-24(33)23(11-18)30(37,38)39/h2-15,28H,16H2,1H3,(H,42,43)/t29-/m0/s1. The summed E-state index contributed by atoms with van der Waals surface area (Å²) in [5.74, 6) is -6.66. The molecule has 0 spiro atoms. The second kappa shape index (κ2) is 12.7. The molecule has 4 nitrogen and oxygen atoms in total. The lowest BCUT2D eigenvalue weighted by Crippen LogP contribution is -2.49.